The molecule has 1 aromatic carbocycles. The van der Waals surface area contributed by atoms with E-state index in [0.29, 0.717) is 5.76 Å². The summed E-state index contributed by atoms with van der Waals surface area (Å²) in [7, 11) is 0. The van der Waals surface area contributed by atoms with E-state index in [-0.39, 0.29) is 13.1 Å². The van der Waals surface area contributed by atoms with Crippen LogP contribution < -0.4 is 0 Å². The van der Waals surface area contributed by atoms with Gasteiger partial charge < -0.3 is 19.2 Å². The molecule has 0 atom stereocenters. The van der Waals surface area contributed by atoms with Gasteiger partial charge in [-0.25, -0.2) is 4.79 Å². The summed E-state index contributed by atoms with van der Waals surface area (Å²) in [6.07, 6.45) is -0.414. The number of carbonyl (C=O) groups is 1. The highest BCUT2D eigenvalue weighted by atomic mass is 16.6. The van der Waals surface area contributed by atoms with Crippen LogP contribution in [-0.2, 0) is 10.3 Å². The lowest BCUT2D eigenvalue weighted by Gasteiger charge is -2.44. The van der Waals surface area contributed by atoms with E-state index in [4.69, 9.17) is 9.15 Å². The summed E-state index contributed by atoms with van der Waals surface area (Å²) in [5.41, 5.74) is -0.934. The number of amides is 1. The third-order valence-corrected chi connectivity index (χ3v) is 3.44. The third-order valence-electron chi connectivity index (χ3n) is 3.44. The van der Waals surface area contributed by atoms with Crippen molar-refractivity contribution in [1.29, 1.82) is 0 Å². The van der Waals surface area contributed by atoms with E-state index in [9.17, 15) is 9.90 Å². The molecule has 5 nitrogen and oxygen atoms in total. The highest BCUT2D eigenvalue weighted by Gasteiger charge is 2.48. The summed E-state index contributed by atoms with van der Waals surface area (Å²) in [5.74, 6) is 0.489. The lowest BCUT2D eigenvalue weighted by atomic mass is 9.91. The number of β-amino-alcohol motifs (C(OH)–C–C–N with tert-alkyl or cyclic N) is 1. The predicted octanol–water partition coefficient (Wildman–Crippen LogP) is 2.87. The second-order valence-electron chi connectivity index (χ2n) is 6.52. The van der Waals surface area contributed by atoms with Crippen LogP contribution in [0.1, 0.15) is 26.5 Å². The molecule has 5 heteroatoms. The van der Waals surface area contributed by atoms with Crippen molar-refractivity contribution in [2.75, 3.05) is 13.1 Å². The summed E-state index contributed by atoms with van der Waals surface area (Å²) >= 11 is 0. The van der Waals surface area contributed by atoms with Crippen molar-refractivity contribution in [2.45, 2.75) is 32.0 Å². The van der Waals surface area contributed by atoms with Crippen molar-refractivity contribution >= 4 is 17.1 Å². The lowest BCUT2D eigenvalue weighted by molar-refractivity contribution is -0.114. The molecular formula is C16H19NO4. The van der Waals surface area contributed by atoms with Crippen molar-refractivity contribution in [3.63, 3.8) is 0 Å². The normalized spacial score (nSPS) is 17.6. The topological polar surface area (TPSA) is 62.9 Å². The van der Waals surface area contributed by atoms with Gasteiger partial charge in [-0.3, -0.25) is 0 Å². The van der Waals surface area contributed by atoms with Gasteiger partial charge in [-0.2, -0.15) is 0 Å². The summed E-state index contributed by atoms with van der Waals surface area (Å²) in [6.45, 7) is 5.81. The fourth-order valence-electron chi connectivity index (χ4n) is 2.41. The molecule has 1 N–H and O–H groups in total. The number of rotatable bonds is 1. The first-order valence-electron chi connectivity index (χ1n) is 6.96. The molecule has 0 radical (unpaired) electrons. The van der Waals surface area contributed by atoms with Crippen LogP contribution in [-0.4, -0.2) is 34.8 Å². The summed E-state index contributed by atoms with van der Waals surface area (Å²) in [5, 5.41) is 11.5. The monoisotopic (exact) mass is 289 g/mol. The molecule has 1 amide bonds. The Morgan fingerprint density at radius 2 is 2.00 bits per heavy atom. The quantitative estimate of drug-likeness (QED) is 0.876. The van der Waals surface area contributed by atoms with Crippen LogP contribution in [0.25, 0.3) is 11.0 Å². The number of hydrogen-bond donors (Lipinski definition) is 1. The first-order valence-corrected chi connectivity index (χ1v) is 6.96. The van der Waals surface area contributed by atoms with Gasteiger partial charge in [0, 0.05) is 5.39 Å². The minimum Gasteiger partial charge on any atom is -0.458 e. The molecule has 0 saturated carbocycles. The minimum atomic E-state index is -1.13. The van der Waals surface area contributed by atoms with Crippen LogP contribution in [0, 0.1) is 0 Å². The zero-order chi connectivity index (χ0) is 15.3. The molecule has 1 aromatic heterocycles. The van der Waals surface area contributed by atoms with Crippen molar-refractivity contribution in [1.82, 2.24) is 4.90 Å². The van der Waals surface area contributed by atoms with Gasteiger partial charge in [0.1, 0.15) is 16.9 Å². The largest absolute Gasteiger partial charge is 0.458 e. The van der Waals surface area contributed by atoms with E-state index in [1.165, 1.54) is 4.90 Å². The van der Waals surface area contributed by atoms with E-state index >= 15 is 0 Å². The summed E-state index contributed by atoms with van der Waals surface area (Å²) < 4.78 is 11.0. The van der Waals surface area contributed by atoms with Crippen LogP contribution >= 0.6 is 0 Å². The Labute approximate surface area is 123 Å². The molecule has 2 heterocycles. The van der Waals surface area contributed by atoms with Gasteiger partial charge in [0.05, 0.1) is 13.1 Å². The summed E-state index contributed by atoms with van der Waals surface area (Å²) in [4.78, 5) is 13.4. The molecule has 21 heavy (non-hydrogen) atoms. The first kappa shape index (κ1) is 13.9. The van der Waals surface area contributed by atoms with E-state index in [0.717, 1.165) is 11.0 Å². The molecule has 3 rings (SSSR count). The second-order valence-corrected chi connectivity index (χ2v) is 6.52. The molecule has 1 saturated heterocycles. The standard InChI is InChI=1S/C16H19NO4/c1-15(2,3)21-14(18)17-9-16(19,10-17)13-8-11-6-4-5-7-12(11)20-13/h4-8,19H,9-10H2,1-3H3. The number of likely N-dealkylation sites (tertiary alicyclic amines) is 1. The van der Waals surface area contributed by atoms with Gasteiger partial charge >= 0.3 is 6.09 Å². The van der Waals surface area contributed by atoms with Gasteiger partial charge in [-0.15, -0.1) is 0 Å². The first-order chi connectivity index (χ1) is 9.77. The third kappa shape index (κ3) is 2.61. The fraction of sp³-hybridized carbons (Fsp3) is 0.438. The minimum absolute atomic E-state index is 0.182. The molecule has 0 bridgehead atoms. The van der Waals surface area contributed by atoms with E-state index in [1.54, 1.807) is 0 Å². The maximum atomic E-state index is 11.9. The molecular weight excluding hydrogens is 270 g/mol. The maximum absolute atomic E-state index is 11.9. The molecule has 1 aliphatic heterocycles. The number of fused-ring (bicyclic) bond motifs is 1. The Kier molecular flexibility index (Phi) is 2.99. The average Bonchev–Trinajstić information content (AvgIpc) is 2.76. The van der Waals surface area contributed by atoms with Gasteiger partial charge in [-0.05, 0) is 32.9 Å². The van der Waals surface area contributed by atoms with Crippen molar-refractivity contribution in [2.24, 2.45) is 0 Å². The molecule has 112 valence electrons. The Bertz CT molecular complexity index is 644. The van der Waals surface area contributed by atoms with Crippen LogP contribution in [0.2, 0.25) is 0 Å². The van der Waals surface area contributed by atoms with Gasteiger partial charge in [0.2, 0.25) is 0 Å². The van der Waals surface area contributed by atoms with Crippen LogP contribution in [0.4, 0.5) is 4.79 Å². The van der Waals surface area contributed by atoms with Gasteiger partial charge in [-0.1, -0.05) is 18.2 Å². The number of aliphatic hydroxyl groups is 1. The summed E-state index contributed by atoms with van der Waals surface area (Å²) in [6, 6.07) is 9.40. The number of hydrogen-bond acceptors (Lipinski definition) is 4. The lowest BCUT2D eigenvalue weighted by Crippen LogP contribution is -2.61. The van der Waals surface area contributed by atoms with Crippen molar-refractivity contribution in [3.05, 3.63) is 36.1 Å². The number of furan rings is 1. The van der Waals surface area contributed by atoms with Crippen LogP contribution in [0.5, 0.6) is 0 Å². The Balaban J connectivity index is 1.72. The SMILES string of the molecule is CC(C)(C)OC(=O)N1CC(O)(c2cc3ccccc3o2)C1. The maximum Gasteiger partial charge on any atom is 0.410 e. The number of carbonyl (C=O) groups excluding carboxylic acids is 1. The molecule has 2 aromatic rings. The zero-order valence-electron chi connectivity index (χ0n) is 12.4. The highest BCUT2D eigenvalue weighted by Crippen LogP contribution is 2.35. The smallest absolute Gasteiger partial charge is 0.410 e. The van der Waals surface area contributed by atoms with Gasteiger partial charge in [0.25, 0.3) is 0 Å². The molecule has 1 fully saturated rings. The van der Waals surface area contributed by atoms with Crippen LogP contribution in [0.3, 0.4) is 0 Å². The van der Waals surface area contributed by atoms with Crippen LogP contribution in [0.15, 0.2) is 34.7 Å². The van der Waals surface area contributed by atoms with E-state index in [1.807, 2.05) is 51.1 Å². The number of ether oxygens (including phenoxy) is 1. The Morgan fingerprint density at radius 1 is 1.33 bits per heavy atom. The van der Waals surface area contributed by atoms with Crippen molar-refractivity contribution in [3.8, 4) is 0 Å². The molecule has 0 spiro atoms. The number of benzene rings is 1. The number of nitrogens with zero attached hydrogens (tertiary/aromatic N) is 1. The zero-order valence-corrected chi connectivity index (χ0v) is 12.4. The Morgan fingerprint density at radius 3 is 2.62 bits per heavy atom. The molecule has 0 aliphatic carbocycles. The Hall–Kier alpha value is -2.01. The number of para-hydroxylation sites is 1. The second kappa shape index (κ2) is 4.49. The van der Waals surface area contributed by atoms with Gasteiger partial charge in [0.15, 0.2) is 5.60 Å². The van der Waals surface area contributed by atoms with E-state index < -0.39 is 17.3 Å². The molecule has 1 aliphatic rings. The molecule has 0 unspecified atom stereocenters. The predicted molar refractivity (Wildman–Crippen MR) is 77.9 cm³/mol. The fourth-order valence-corrected chi connectivity index (χ4v) is 2.41. The van der Waals surface area contributed by atoms with E-state index in [2.05, 4.69) is 0 Å². The van der Waals surface area contributed by atoms with Crippen molar-refractivity contribution < 1.29 is 19.1 Å². The highest BCUT2D eigenvalue weighted by molar-refractivity contribution is 5.78. The average molecular weight is 289 g/mol.